The minimum atomic E-state index is -1.45. The molecule has 1 rings (SSSR count). The molecule has 0 spiro atoms. The Labute approximate surface area is 239 Å². The van der Waals surface area contributed by atoms with E-state index in [4.69, 9.17) is 18.9 Å². The molecule has 2 unspecified atom stereocenters. The largest absolute Gasteiger partial charge is 0.480 e. The highest BCUT2D eigenvalue weighted by Crippen LogP contribution is 2.19. The van der Waals surface area contributed by atoms with E-state index in [1.807, 2.05) is 0 Å². The van der Waals surface area contributed by atoms with Gasteiger partial charge in [0.15, 0.2) is 0 Å². The summed E-state index contributed by atoms with van der Waals surface area (Å²) < 4.78 is 21.0. The predicted molar refractivity (Wildman–Crippen MR) is 149 cm³/mol. The number of aliphatic carboxylic acids is 1. The van der Waals surface area contributed by atoms with Crippen LogP contribution >= 0.6 is 0 Å². The van der Waals surface area contributed by atoms with Crippen molar-refractivity contribution in [2.75, 3.05) is 19.8 Å². The second-order valence-corrected chi connectivity index (χ2v) is 11.2. The number of amides is 3. The first-order valence-electron chi connectivity index (χ1n) is 12.9. The third-order valence-electron chi connectivity index (χ3n) is 4.92. The summed E-state index contributed by atoms with van der Waals surface area (Å²) in [5.41, 5.74) is -2.35. The van der Waals surface area contributed by atoms with Crippen molar-refractivity contribution in [3.8, 4) is 5.75 Å². The Kier molecular flexibility index (Phi) is 13.3. The average Bonchev–Trinajstić information content (AvgIpc) is 2.82. The molecule has 41 heavy (non-hydrogen) atoms. The molecule has 0 heterocycles. The van der Waals surface area contributed by atoms with Crippen molar-refractivity contribution in [3.05, 3.63) is 42.5 Å². The molecular formula is C28H41N3O10. The van der Waals surface area contributed by atoms with E-state index in [1.54, 1.807) is 53.7 Å². The second kappa shape index (κ2) is 15.6. The van der Waals surface area contributed by atoms with E-state index in [9.17, 15) is 29.1 Å². The van der Waals surface area contributed by atoms with Gasteiger partial charge in [-0.05, 0) is 65.7 Å². The normalized spacial score (nSPS) is 13.5. The van der Waals surface area contributed by atoms with Crippen LogP contribution in [-0.4, -0.2) is 78.2 Å². The number of rotatable bonds is 14. The van der Waals surface area contributed by atoms with Gasteiger partial charge >= 0.3 is 24.2 Å². The zero-order valence-electron chi connectivity index (χ0n) is 24.4. The predicted octanol–water partition coefficient (Wildman–Crippen LogP) is 3.35. The summed E-state index contributed by atoms with van der Waals surface area (Å²) in [4.78, 5) is 60.2. The number of carbonyl (C=O) groups is 5. The molecule has 0 radical (unpaired) electrons. The van der Waals surface area contributed by atoms with Crippen LogP contribution in [0.15, 0.2) is 36.9 Å². The number of benzene rings is 1. The molecule has 0 fully saturated rings. The fourth-order valence-electron chi connectivity index (χ4n) is 3.28. The highest BCUT2D eigenvalue weighted by molar-refractivity contribution is 5.81. The first-order valence-corrected chi connectivity index (χ1v) is 12.9. The zero-order chi connectivity index (χ0) is 31.3. The van der Waals surface area contributed by atoms with Crippen molar-refractivity contribution in [3.63, 3.8) is 0 Å². The summed E-state index contributed by atoms with van der Waals surface area (Å²) in [5, 5.41) is 16.7. The van der Waals surface area contributed by atoms with Gasteiger partial charge in [-0.25, -0.2) is 19.2 Å². The Morgan fingerprint density at radius 1 is 0.951 bits per heavy atom. The SMILES string of the molecule is C=CCOCC(C=O)(Cc1ccc(OC(=O)NC(CCNC(=O)OC(C)(C)C)C(=O)O)cc1)NC(=O)OC(C)(C)C. The molecule has 1 aromatic carbocycles. The molecule has 13 heteroatoms. The second-order valence-electron chi connectivity index (χ2n) is 11.2. The quantitative estimate of drug-likeness (QED) is 0.145. The maximum atomic E-state index is 12.4. The van der Waals surface area contributed by atoms with Crippen molar-refractivity contribution in [1.82, 2.24) is 16.0 Å². The van der Waals surface area contributed by atoms with Crippen molar-refractivity contribution in [2.45, 2.75) is 77.2 Å². The fraction of sp³-hybridized carbons (Fsp3) is 0.536. The van der Waals surface area contributed by atoms with Gasteiger partial charge < -0.3 is 44.8 Å². The molecule has 0 saturated carbocycles. The standard InChI is InChI=1S/C28H41N3O10/c1-8-15-38-18-28(17-32,31-25(37)41-27(5,6)7)16-19-9-11-20(12-10-19)39-24(36)30-21(22(33)34)13-14-29-23(35)40-26(2,3)4/h8-12,17,21H,1,13-16,18H2,2-7H3,(H,29,35)(H,30,36)(H,31,37)(H,33,34). The average molecular weight is 580 g/mol. The number of hydrogen-bond donors (Lipinski definition) is 4. The highest BCUT2D eigenvalue weighted by atomic mass is 16.6. The third-order valence-corrected chi connectivity index (χ3v) is 4.92. The highest BCUT2D eigenvalue weighted by Gasteiger charge is 2.34. The Bertz CT molecular complexity index is 1060. The molecule has 0 aromatic heterocycles. The minimum absolute atomic E-state index is 0.0328. The van der Waals surface area contributed by atoms with Gasteiger partial charge in [-0.1, -0.05) is 18.2 Å². The molecule has 4 N–H and O–H groups in total. The molecule has 1 aromatic rings. The smallest absolute Gasteiger partial charge is 0.413 e. The molecule has 228 valence electrons. The van der Waals surface area contributed by atoms with Gasteiger partial charge in [-0.3, -0.25) is 0 Å². The lowest BCUT2D eigenvalue weighted by Gasteiger charge is -2.30. The van der Waals surface area contributed by atoms with Crippen LogP contribution in [0.5, 0.6) is 5.75 Å². The lowest BCUT2D eigenvalue weighted by molar-refractivity contribution is -0.139. The Morgan fingerprint density at radius 3 is 2.05 bits per heavy atom. The first kappa shape index (κ1) is 34.9. The number of aldehydes is 1. The van der Waals surface area contributed by atoms with Crippen LogP contribution in [0.3, 0.4) is 0 Å². The van der Waals surface area contributed by atoms with Gasteiger partial charge in [0.05, 0.1) is 13.2 Å². The molecule has 2 atom stereocenters. The van der Waals surface area contributed by atoms with Crippen LogP contribution < -0.4 is 20.7 Å². The lowest BCUT2D eigenvalue weighted by atomic mass is 9.93. The molecule has 0 aliphatic heterocycles. The monoisotopic (exact) mass is 579 g/mol. The number of ether oxygens (including phenoxy) is 4. The van der Waals surface area contributed by atoms with Crippen LogP contribution in [0.1, 0.15) is 53.5 Å². The van der Waals surface area contributed by atoms with Crippen molar-refractivity contribution in [1.29, 1.82) is 0 Å². The number of carbonyl (C=O) groups excluding carboxylic acids is 4. The number of alkyl carbamates (subject to hydrolysis) is 2. The van der Waals surface area contributed by atoms with Gasteiger partial charge in [0.1, 0.15) is 34.8 Å². The fourth-order valence-corrected chi connectivity index (χ4v) is 3.28. The lowest BCUT2D eigenvalue weighted by Crippen LogP contribution is -2.56. The third kappa shape index (κ3) is 14.7. The van der Waals surface area contributed by atoms with E-state index in [2.05, 4.69) is 22.5 Å². The molecule has 0 aliphatic rings. The number of carboxylic acid groups (broad SMARTS) is 1. The topological polar surface area (TPSA) is 179 Å². The van der Waals surface area contributed by atoms with Gasteiger partial charge in [-0.2, -0.15) is 0 Å². The van der Waals surface area contributed by atoms with Crippen LogP contribution in [0.4, 0.5) is 14.4 Å². The summed E-state index contributed by atoms with van der Waals surface area (Å²) in [5.74, 6) is -1.22. The Balaban J connectivity index is 2.82. The number of hydrogen-bond acceptors (Lipinski definition) is 9. The molecule has 0 bridgehead atoms. The van der Waals surface area contributed by atoms with E-state index >= 15 is 0 Å². The summed E-state index contributed by atoms with van der Waals surface area (Å²) in [6.45, 7) is 13.7. The van der Waals surface area contributed by atoms with Gasteiger partial charge in [0.2, 0.25) is 0 Å². The van der Waals surface area contributed by atoms with Crippen LogP contribution in [-0.2, 0) is 30.2 Å². The van der Waals surface area contributed by atoms with Crippen LogP contribution in [0, 0.1) is 0 Å². The van der Waals surface area contributed by atoms with E-state index in [0.29, 0.717) is 11.8 Å². The maximum absolute atomic E-state index is 12.4. The summed E-state index contributed by atoms with van der Waals surface area (Å²) in [7, 11) is 0. The minimum Gasteiger partial charge on any atom is -0.480 e. The molecule has 13 nitrogen and oxygen atoms in total. The summed E-state index contributed by atoms with van der Waals surface area (Å²) in [6, 6.07) is 4.71. The summed E-state index contributed by atoms with van der Waals surface area (Å²) in [6.07, 6.45) is -0.530. The summed E-state index contributed by atoms with van der Waals surface area (Å²) >= 11 is 0. The van der Waals surface area contributed by atoms with E-state index in [0.717, 1.165) is 0 Å². The van der Waals surface area contributed by atoms with Crippen LogP contribution in [0.2, 0.25) is 0 Å². The van der Waals surface area contributed by atoms with Crippen molar-refractivity contribution in [2.24, 2.45) is 0 Å². The van der Waals surface area contributed by atoms with Crippen molar-refractivity contribution < 1.29 is 48.0 Å². The molecule has 0 aliphatic carbocycles. The van der Waals surface area contributed by atoms with Crippen molar-refractivity contribution >= 4 is 30.5 Å². The Morgan fingerprint density at radius 2 is 1.54 bits per heavy atom. The first-order chi connectivity index (χ1) is 19.0. The van der Waals surface area contributed by atoms with E-state index in [-0.39, 0.29) is 38.3 Å². The van der Waals surface area contributed by atoms with Crippen LogP contribution in [0.25, 0.3) is 0 Å². The van der Waals surface area contributed by atoms with Gasteiger partial charge in [0, 0.05) is 13.0 Å². The number of carboxylic acids is 1. The zero-order valence-corrected chi connectivity index (χ0v) is 24.4. The molecular weight excluding hydrogens is 538 g/mol. The number of nitrogens with one attached hydrogen (secondary N) is 3. The maximum Gasteiger partial charge on any atom is 0.413 e. The van der Waals surface area contributed by atoms with Gasteiger partial charge in [-0.15, -0.1) is 6.58 Å². The Hall–Kier alpha value is -4.13. The van der Waals surface area contributed by atoms with E-state index < -0.39 is 47.0 Å². The molecule has 3 amide bonds. The van der Waals surface area contributed by atoms with Gasteiger partial charge in [0.25, 0.3) is 0 Å². The molecule has 0 saturated heterocycles. The van der Waals surface area contributed by atoms with E-state index in [1.165, 1.54) is 18.2 Å².